The zero-order chi connectivity index (χ0) is 12.8. The topological polar surface area (TPSA) is 45.2 Å². The summed E-state index contributed by atoms with van der Waals surface area (Å²) in [5.74, 6) is 0.0859. The smallest absolute Gasteiger partial charge is 0.220 e. The second-order valence-corrected chi connectivity index (χ2v) is 5.64. The maximum Gasteiger partial charge on any atom is 0.220 e. The summed E-state index contributed by atoms with van der Waals surface area (Å²) in [5, 5.41) is 5.98. The molecular weight excluding hydrogens is 246 g/mol. The minimum atomic E-state index is 0.0859. The average molecular weight is 267 g/mol. The normalized spacial score (nSPS) is 16.7. The molecule has 1 fully saturated rings. The quantitative estimate of drug-likeness (QED) is 0.889. The highest BCUT2D eigenvalue weighted by Gasteiger charge is 2.12. The van der Waals surface area contributed by atoms with E-state index in [9.17, 15) is 4.79 Å². The molecule has 1 aromatic rings. The summed E-state index contributed by atoms with van der Waals surface area (Å²) in [7, 11) is 0. The summed E-state index contributed by atoms with van der Waals surface area (Å²) >= 11 is 1.64. The van der Waals surface area contributed by atoms with Crippen molar-refractivity contribution in [3.8, 4) is 0 Å². The van der Waals surface area contributed by atoms with Gasteiger partial charge < -0.3 is 5.32 Å². The van der Waals surface area contributed by atoms with Gasteiger partial charge in [0, 0.05) is 18.3 Å². The lowest BCUT2D eigenvalue weighted by Crippen LogP contribution is -2.29. The number of likely N-dealkylation sites (tertiary alicyclic amines) is 1. The van der Waals surface area contributed by atoms with Crippen molar-refractivity contribution in [2.75, 3.05) is 13.1 Å². The number of amides is 1. The summed E-state index contributed by atoms with van der Waals surface area (Å²) in [6.07, 6.45) is 4.51. The number of piperidine rings is 1. The van der Waals surface area contributed by atoms with Crippen LogP contribution >= 0.6 is 11.3 Å². The van der Waals surface area contributed by atoms with Gasteiger partial charge in [-0.25, -0.2) is 4.98 Å². The van der Waals surface area contributed by atoms with E-state index in [0.29, 0.717) is 13.0 Å². The predicted octanol–water partition coefficient (Wildman–Crippen LogP) is 2.16. The maximum absolute atomic E-state index is 11.2. The molecule has 1 aliphatic heterocycles. The zero-order valence-electron chi connectivity index (χ0n) is 10.9. The van der Waals surface area contributed by atoms with Gasteiger partial charge in [-0.15, -0.1) is 11.3 Å². The van der Waals surface area contributed by atoms with Gasteiger partial charge in [0.25, 0.3) is 0 Å². The molecule has 0 radical (unpaired) electrons. The highest BCUT2D eigenvalue weighted by atomic mass is 32.1. The van der Waals surface area contributed by atoms with E-state index >= 15 is 0 Å². The molecule has 5 heteroatoms. The molecule has 1 amide bonds. The van der Waals surface area contributed by atoms with Gasteiger partial charge in [-0.05, 0) is 25.9 Å². The maximum atomic E-state index is 11.2. The lowest BCUT2D eigenvalue weighted by molar-refractivity contribution is -0.120. The molecule has 1 aromatic heterocycles. The van der Waals surface area contributed by atoms with Crippen LogP contribution in [0.15, 0.2) is 5.38 Å². The summed E-state index contributed by atoms with van der Waals surface area (Å²) < 4.78 is 0. The number of nitrogens with zero attached hydrogens (tertiary/aromatic N) is 2. The molecule has 1 N–H and O–H groups in total. The fraction of sp³-hybridized carbons (Fsp3) is 0.692. The molecule has 0 spiro atoms. The van der Waals surface area contributed by atoms with Crippen molar-refractivity contribution in [1.29, 1.82) is 0 Å². The zero-order valence-corrected chi connectivity index (χ0v) is 11.8. The van der Waals surface area contributed by atoms with Gasteiger partial charge in [0.15, 0.2) is 0 Å². The highest BCUT2D eigenvalue weighted by Crippen LogP contribution is 2.15. The molecule has 1 aliphatic rings. The summed E-state index contributed by atoms with van der Waals surface area (Å²) in [4.78, 5) is 18.2. The Labute approximate surface area is 112 Å². The van der Waals surface area contributed by atoms with Gasteiger partial charge in [0.05, 0.1) is 12.2 Å². The minimum absolute atomic E-state index is 0.0859. The van der Waals surface area contributed by atoms with Gasteiger partial charge in [0.2, 0.25) is 5.91 Å². The first kappa shape index (κ1) is 13.5. The third-order valence-electron chi connectivity index (χ3n) is 3.19. The van der Waals surface area contributed by atoms with Crippen molar-refractivity contribution in [2.45, 2.75) is 45.7 Å². The first-order chi connectivity index (χ1) is 8.78. The van der Waals surface area contributed by atoms with Crippen molar-refractivity contribution in [2.24, 2.45) is 0 Å². The lowest BCUT2D eigenvalue weighted by Gasteiger charge is -2.25. The Morgan fingerprint density at radius 3 is 2.94 bits per heavy atom. The van der Waals surface area contributed by atoms with Crippen LogP contribution < -0.4 is 5.32 Å². The third-order valence-corrected chi connectivity index (χ3v) is 4.09. The van der Waals surface area contributed by atoms with Crippen LogP contribution in [0.4, 0.5) is 0 Å². The molecule has 0 unspecified atom stereocenters. The Kier molecular flexibility index (Phi) is 5.13. The second-order valence-electron chi connectivity index (χ2n) is 4.70. The van der Waals surface area contributed by atoms with Crippen LogP contribution in [0, 0.1) is 0 Å². The fourth-order valence-corrected chi connectivity index (χ4v) is 2.87. The number of rotatable bonds is 5. The van der Waals surface area contributed by atoms with E-state index in [2.05, 4.69) is 20.6 Å². The third kappa shape index (κ3) is 4.07. The standard InChI is InChI=1S/C13H21N3OS/c1-2-12(17)14-8-13-15-11(10-18-13)9-16-6-4-3-5-7-16/h10H,2-9H2,1H3,(H,14,17). The molecule has 1 saturated heterocycles. The largest absolute Gasteiger partial charge is 0.350 e. The van der Waals surface area contributed by atoms with E-state index < -0.39 is 0 Å². The molecular formula is C13H21N3OS. The van der Waals surface area contributed by atoms with Gasteiger partial charge in [-0.3, -0.25) is 9.69 Å². The van der Waals surface area contributed by atoms with Gasteiger partial charge in [0.1, 0.15) is 5.01 Å². The van der Waals surface area contributed by atoms with Crippen molar-refractivity contribution >= 4 is 17.2 Å². The molecule has 2 heterocycles. The van der Waals surface area contributed by atoms with Crippen molar-refractivity contribution in [3.05, 3.63) is 16.1 Å². The van der Waals surface area contributed by atoms with E-state index in [4.69, 9.17) is 0 Å². The molecule has 0 atom stereocenters. The molecule has 0 aromatic carbocycles. The molecule has 0 aliphatic carbocycles. The van der Waals surface area contributed by atoms with Crippen LogP contribution in [0.5, 0.6) is 0 Å². The van der Waals surface area contributed by atoms with Crippen molar-refractivity contribution < 1.29 is 4.79 Å². The number of hydrogen-bond acceptors (Lipinski definition) is 4. The van der Waals surface area contributed by atoms with Gasteiger partial charge in [-0.1, -0.05) is 13.3 Å². The Morgan fingerprint density at radius 1 is 1.44 bits per heavy atom. The van der Waals surface area contributed by atoms with Crippen molar-refractivity contribution in [3.63, 3.8) is 0 Å². The summed E-state index contributed by atoms with van der Waals surface area (Å²) in [6, 6.07) is 0. The highest BCUT2D eigenvalue weighted by molar-refractivity contribution is 7.09. The van der Waals surface area contributed by atoms with Crippen LogP contribution in [0.2, 0.25) is 0 Å². The fourth-order valence-electron chi connectivity index (χ4n) is 2.15. The average Bonchev–Trinajstić information content (AvgIpc) is 2.85. The van der Waals surface area contributed by atoms with Crippen LogP contribution in [0.1, 0.15) is 43.3 Å². The summed E-state index contributed by atoms with van der Waals surface area (Å²) in [5.41, 5.74) is 1.14. The molecule has 2 rings (SSSR count). The Balaban J connectivity index is 1.80. The SMILES string of the molecule is CCC(=O)NCc1nc(CN2CCCCC2)cs1. The van der Waals surface area contributed by atoms with Gasteiger partial charge >= 0.3 is 0 Å². The summed E-state index contributed by atoms with van der Waals surface area (Å²) in [6.45, 7) is 5.77. The van der Waals surface area contributed by atoms with Crippen LogP contribution in [0.25, 0.3) is 0 Å². The Bertz CT molecular complexity index is 385. The van der Waals surface area contributed by atoms with Crippen molar-refractivity contribution in [1.82, 2.24) is 15.2 Å². The number of thiazole rings is 1. The number of carbonyl (C=O) groups excluding carboxylic acids is 1. The van der Waals surface area contributed by atoms with Crippen LogP contribution in [0.3, 0.4) is 0 Å². The monoisotopic (exact) mass is 267 g/mol. The molecule has 100 valence electrons. The van der Waals surface area contributed by atoms with Gasteiger partial charge in [-0.2, -0.15) is 0 Å². The van der Waals surface area contributed by atoms with E-state index in [1.807, 2.05) is 6.92 Å². The van der Waals surface area contributed by atoms with Crippen LogP contribution in [-0.4, -0.2) is 28.9 Å². The number of hydrogen-bond donors (Lipinski definition) is 1. The number of carbonyl (C=O) groups is 1. The number of nitrogens with one attached hydrogen (secondary N) is 1. The number of aromatic nitrogens is 1. The van der Waals surface area contributed by atoms with Crippen LogP contribution in [-0.2, 0) is 17.9 Å². The van der Waals surface area contributed by atoms with E-state index in [0.717, 1.165) is 17.2 Å². The second kappa shape index (κ2) is 6.85. The van der Waals surface area contributed by atoms with E-state index in [1.165, 1.54) is 32.4 Å². The molecule has 4 nitrogen and oxygen atoms in total. The Morgan fingerprint density at radius 2 is 2.22 bits per heavy atom. The lowest BCUT2D eigenvalue weighted by atomic mass is 10.1. The Hall–Kier alpha value is -0.940. The molecule has 0 bridgehead atoms. The minimum Gasteiger partial charge on any atom is -0.350 e. The van der Waals surface area contributed by atoms with E-state index in [-0.39, 0.29) is 5.91 Å². The molecule has 0 saturated carbocycles. The van der Waals surface area contributed by atoms with E-state index in [1.54, 1.807) is 11.3 Å². The first-order valence-corrected chi connectivity index (χ1v) is 7.58. The molecule has 18 heavy (non-hydrogen) atoms. The predicted molar refractivity (Wildman–Crippen MR) is 73.4 cm³/mol. The first-order valence-electron chi connectivity index (χ1n) is 6.70.